The van der Waals surface area contributed by atoms with Gasteiger partial charge in [0.2, 0.25) is 17.2 Å². The van der Waals surface area contributed by atoms with Gasteiger partial charge in [0.15, 0.2) is 5.75 Å². The van der Waals surface area contributed by atoms with Crippen LogP contribution in [0.3, 0.4) is 0 Å². The molecule has 39 heavy (non-hydrogen) atoms. The number of pyridine rings is 2. The van der Waals surface area contributed by atoms with Crippen LogP contribution in [0.4, 0.5) is 0 Å². The summed E-state index contributed by atoms with van der Waals surface area (Å²) in [4.78, 5) is 64.6. The van der Waals surface area contributed by atoms with E-state index in [0.29, 0.717) is 5.69 Å². The molecular formula is C27H21ClN4O7. The highest BCUT2D eigenvalue weighted by Gasteiger charge is 2.62. The molecule has 198 valence electrons. The summed E-state index contributed by atoms with van der Waals surface area (Å²) in [6.07, 6.45) is 3.37. The number of rotatable bonds is 4. The monoisotopic (exact) mass is 548 g/mol. The molecule has 0 saturated carbocycles. The number of hydrogen-bond donors (Lipinski definition) is 1. The lowest BCUT2D eigenvalue weighted by atomic mass is 9.71. The fraction of sp³-hybridized carbons (Fsp3) is 0.259. The zero-order valence-electron chi connectivity index (χ0n) is 21.0. The lowest BCUT2D eigenvalue weighted by Gasteiger charge is -2.36. The number of ether oxygens (including phenoxy) is 3. The number of fused-ring (bicyclic) bond motifs is 3. The van der Waals surface area contributed by atoms with Crippen molar-refractivity contribution in [2.24, 2.45) is 5.92 Å². The van der Waals surface area contributed by atoms with Crippen molar-refractivity contribution in [1.29, 1.82) is 0 Å². The fourth-order valence-corrected chi connectivity index (χ4v) is 5.61. The van der Waals surface area contributed by atoms with Gasteiger partial charge in [-0.15, -0.1) is 0 Å². The van der Waals surface area contributed by atoms with Gasteiger partial charge in [0.1, 0.15) is 27.7 Å². The molecule has 0 bridgehead atoms. The molecule has 4 aromatic rings. The molecule has 0 amide bonds. The second-order valence-electron chi connectivity index (χ2n) is 9.46. The summed E-state index contributed by atoms with van der Waals surface area (Å²) in [5, 5.41) is 0.0624. The van der Waals surface area contributed by atoms with Gasteiger partial charge >= 0.3 is 5.69 Å². The summed E-state index contributed by atoms with van der Waals surface area (Å²) in [7, 11) is 2.79. The number of hydrogen-bond acceptors (Lipinski definition) is 9. The molecule has 11 nitrogen and oxygen atoms in total. The number of benzene rings is 1. The van der Waals surface area contributed by atoms with Gasteiger partial charge < -0.3 is 14.2 Å². The van der Waals surface area contributed by atoms with Crippen LogP contribution in [0.2, 0.25) is 5.02 Å². The maximum Gasteiger partial charge on any atom is 0.330 e. The Morgan fingerprint density at radius 3 is 2.62 bits per heavy atom. The first-order valence-electron chi connectivity index (χ1n) is 12.0. The van der Waals surface area contributed by atoms with E-state index in [4.69, 9.17) is 25.8 Å². The molecule has 6 rings (SSSR count). The zero-order valence-corrected chi connectivity index (χ0v) is 21.8. The van der Waals surface area contributed by atoms with E-state index in [1.807, 2.05) is 0 Å². The quantitative estimate of drug-likeness (QED) is 0.381. The van der Waals surface area contributed by atoms with Gasteiger partial charge in [0, 0.05) is 29.9 Å². The largest absolute Gasteiger partial charge is 0.496 e. The Labute approximate surface area is 225 Å². The summed E-state index contributed by atoms with van der Waals surface area (Å²) in [6.45, 7) is 1.81. The Bertz CT molecular complexity index is 1830. The second kappa shape index (κ2) is 8.77. The summed E-state index contributed by atoms with van der Waals surface area (Å²) in [5.41, 5.74) is -1.99. The van der Waals surface area contributed by atoms with E-state index in [1.165, 1.54) is 30.9 Å². The third kappa shape index (κ3) is 3.42. The van der Waals surface area contributed by atoms with Gasteiger partial charge in [-0.2, -0.15) is 0 Å². The predicted molar refractivity (Wildman–Crippen MR) is 139 cm³/mol. The summed E-state index contributed by atoms with van der Waals surface area (Å²) in [6, 6.07) is 6.35. The Hall–Kier alpha value is -4.51. The minimum atomic E-state index is -1.94. The van der Waals surface area contributed by atoms with Crippen LogP contribution in [-0.2, 0) is 13.0 Å². The Morgan fingerprint density at radius 1 is 1.15 bits per heavy atom. The molecule has 1 spiro atoms. The lowest BCUT2D eigenvalue weighted by molar-refractivity contribution is 0.0257. The normalized spacial score (nSPS) is 19.6. The molecule has 0 radical (unpaired) electrons. The summed E-state index contributed by atoms with van der Waals surface area (Å²) in [5.74, 6) is -1.55. The number of H-pyrrole nitrogens is 1. The van der Waals surface area contributed by atoms with Crippen molar-refractivity contribution in [3.8, 4) is 17.2 Å². The van der Waals surface area contributed by atoms with Crippen molar-refractivity contribution in [2.75, 3.05) is 14.2 Å². The van der Waals surface area contributed by atoms with Crippen LogP contribution >= 0.6 is 11.6 Å². The van der Waals surface area contributed by atoms with Gasteiger partial charge in [0.05, 0.1) is 31.8 Å². The van der Waals surface area contributed by atoms with Gasteiger partial charge in [0.25, 0.3) is 5.56 Å². The number of Topliss-reactive ketones (excluding diaryl/α,β-unsaturated/α-hetero) is 2. The first-order valence-corrected chi connectivity index (χ1v) is 12.4. The van der Waals surface area contributed by atoms with Gasteiger partial charge in [-0.3, -0.25) is 28.9 Å². The molecule has 2 atom stereocenters. The molecule has 12 heteroatoms. The fourth-order valence-electron chi connectivity index (χ4n) is 5.35. The average molecular weight is 549 g/mol. The highest BCUT2D eigenvalue weighted by atomic mass is 35.5. The van der Waals surface area contributed by atoms with Crippen LogP contribution in [-0.4, -0.2) is 50.9 Å². The standard InChI is InChI=1S/C27H21ClN4O7/c1-12-7-16-14(8-15-24(30-16)32(26(36)31-25(15)35)11-13-5-4-6-29-10-13)22(33)27(12)23(34)19-17(37-2)9-18(38-3)20(28)21(19)39-27/h4-6,8-10,12H,7,11H2,1-3H3,(H,31,35,36). The van der Waals surface area contributed by atoms with Crippen LogP contribution in [0.25, 0.3) is 11.0 Å². The van der Waals surface area contributed by atoms with Crippen LogP contribution in [0.1, 0.15) is 38.9 Å². The minimum absolute atomic E-state index is 0.00146. The van der Waals surface area contributed by atoms with Crippen molar-refractivity contribution >= 4 is 34.2 Å². The Morgan fingerprint density at radius 2 is 1.92 bits per heavy atom. The van der Waals surface area contributed by atoms with Gasteiger partial charge in [-0.1, -0.05) is 24.6 Å². The number of aromatic amines is 1. The van der Waals surface area contributed by atoms with E-state index in [0.717, 1.165) is 5.56 Å². The number of methoxy groups -OCH3 is 2. The maximum atomic E-state index is 14.1. The predicted octanol–water partition coefficient (Wildman–Crippen LogP) is 2.59. The van der Waals surface area contributed by atoms with Gasteiger partial charge in [-0.05, 0) is 24.1 Å². The number of ketones is 2. The molecule has 1 aliphatic heterocycles. The first kappa shape index (κ1) is 24.8. The van der Waals surface area contributed by atoms with E-state index in [9.17, 15) is 19.2 Å². The number of carbonyl (C=O) groups excluding carboxylic acids is 2. The SMILES string of the molecule is COc1cc(OC)c2c(c1Cl)OC1(C(=O)c3cc4c(=O)[nH]c(=O)n(Cc5cccnc5)c4nc3CC1C)C2=O. The Kier molecular flexibility index (Phi) is 5.58. The molecule has 2 aliphatic rings. The van der Waals surface area contributed by atoms with Crippen molar-refractivity contribution in [1.82, 2.24) is 19.5 Å². The highest BCUT2D eigenvalue weighted by Crippen LogP contribution is 2.53. The number of halogens is 1. The van der Waals surface area contributed by atoms with Crippen molar-refractivity contribution < 1.29 is 23.8 Å². The lowest BCUT2D eigenvalue weighted by Crippen LogP contribution is -2.57. The van der Waals surface area contributed by atoms with E-state index in [1.54, 1.807) is 31.5 Å². The average Bonchev–Trinajstić information content (AvgIpc) is 3.25. The highest BCUT2D eigenvalue weighted by molar-refractivity contribution is 6.36. The number of nitrogens with zero attached hydrogens (tertiary/aromatic N) is 3. The van der Waals surface area contributed by atoms with Gasteiger partial charge in [-0.25, -0.2) is 9.78 Å². The summed E-state index contributed by atoms with van der Waals surface area (Å²) < 4.78 is 18.1. The van der Waals surface area contributed by atoms with Crippen molar-refractivity contribution in [3.63, 3.8) is 0 Å². The van der Waals surface area contributed by atoms with Crippen LogP contribution in [0.5, 0.6) is 17.2 Å². The molecule has 2 unspecified atom stereocenters. The zero-order chi connectivity index (χ0) is 27.6. The van der Waals surface area contributed by atoms with E-state index in [2.05, 4.69) is 15.0 Å². The first-order chi connectivity index (χ1) is 18.7. The molecule has 1 aliphatic carbocycles. The van der Waals surface area contributed by atoms with Crippen LogP contribution in [0.15, 0.2) is 46.2 Å². The topological polar surface area (TPSA) is 142 Å². The molecule has 1 N–H and O–H groups in total. The van der Waals surface area contributed by atoms with Crippen LogP contribution < -0.4 is 25.5 Å². The Balaban J connectivity index is 1.52. The van der Waals surface area contributed by atoms with E-state index >= 15 is 0 Å². The van der Waals surface area contributed by atoms with Crippen molar-refractivity contribution in [2.45, 2.75) is 25.5 Å². The van der Waals surface area contributed by atoms with Crippen molar-refractivity contribution in [3.05, 3.63) is 84.9 Å². The molecule has 3 aromatic heterocycles. The molecule has 0 saturated heterocycles. The third-order valence-electron chi connectivity index (χ3n) is 7.30. The molecule has 0 fully saturated rings. The minimum Gasteiger partial charge on any atom is -0.496 e. The van der Waals surface area contributed by atoms with E-state index in [-0.39, 0.29) is 57.4 Å². The van der Waals surface area contributed by atoms with Crippen LogP contribution in [0, 0.1) is 5.92 Å². The number of carbonyl (C=O) groups is 2. The van der Waals surface area contributed by atoms with E-state index < -0.39 is 34.3 Å². The number of aromatic nitrogens is 4. The third-order valence-corrected chi connectivity index (χ3v) is 7.66. The maximum absolute atomic E-state index is 14.1. The molecular weight excluding hydrogens is 528 g/mol. The second-order valence-corrected chi connectivity index (χ2v) is 9.84. The number of nitrogens with one attached hydrogen (secondary N) is 1. The smallest absolute Gasteiger partial charge is 0.330 e. The summed E-state index contributed by atoms with van der Waals surface area (Å²) >= 11 is 6.48. The molecule has 4 heterocycles. The molecule has 1 aromatic carbocycles.